The molecule has 1 aromatic rings. The summed E-state index contributed by atoms with van der Waals surface area (Å²) in [6.07, 6.45) is 0.832. The molecule has 2 heterocycles. The van der Waals surface area contributed by atoms with Crippen LogP contribution in [0.4, 0.5) is 0 Å². The van der Waals surface area contributed by atoms with E-state index in [1.165, 1.54) is 11.1 Å². The van der Waals surface area contributed by atoms with Crippen LogP contribution in [0.1, 0.15) is 11.1 Å². The van der Waals surface area contributed by atoms with Crippen molar-refractivity contribution in [1.82, 2.24) is 10.2 Å². The Morgan fingerprint density at radius 1 is 1.21 bits per heavy atom. The predicted molar refractivity (Wildman–Crippen MR) is 81.9 cm³/mol. The summed E-state index contributed by atoms with van der Waals surface area (Å²) in [6.45, 7) is 2.63. The minimum absolute atomic E-state index is 0. The topological polar surface area (TPSA) is 32.3 Å². The molecule has 1 N–H and O–H groups in total. The van der Waals surface area contributed by atoms with Crippen molar-refractivity contribution in [3.63, 3.8) is 0 Å². The summed E-state index contributed by atoms with van der Waals surface area (Å²) < 4.78 is 0. The molecular weight excluding hydrogens is 280 g/mol. The molecule has 0 aromatic heterocycles. The number of thioether (sulfide) groups is 1. The molecule has 0 saturated carbocycles. The van der Waals surface area contributed by atoms with E-state index in [2.05, 4.69) is 29.6 Å². The van der Waals surface area contributed by atoms with Gasteiger partial charge in [-0.1, -0.05) is 24.3 Å². The second-order valence-corrected chi connectivity index (χ2v) is 6.07. The monoisotopic (exact) mass is 298 g/mol. The second-order valence-electron chi connectivity index (χ2n) is 4.84. The quantitative estimate of drug-likeness (QED) is 0.856. The molecule has 1 atom stereocenters. The summed E-state index contributed by atoms with van der Waals surface area (Å²) in [5.41, 5.74) is 2.65. The highest BCUT2D eigenvalue weighted by Crippen LogP contribution is 2.18. The smallest absolute Gasteiger partial charge is 0.240 e. The molecule has 1 amide bonds. The molecule has 0 spiro atoms. The van der Waals surface area contributed by atoms with E-state index in [-0.39, 0.29) is 24.4 Å². The zero-order valence-electron chi connectivity index (χ0n) is 10.8. The van der Waals surface area contributed by atoms with E-state index in [1.807, 2.05) is 16.7 Å². The van der Waals surface area contributed by atoms with Gasteiger partial charge in [-0.25, -0.2) is 0 Å². The first-order valence-corrected chi connectivity index (χ1v) is 7.67. The van der Waals surface area contributed by atoms with Gasteiger partial charge < -0.3 is 10.2 Å². The first-order chi connectivity index (χ1) is 8.84. The first kappa shape index (κ1) is 14.7. The Morgan fingerprint density at radius 3 is 2.63 bits per heavy atom. The Kier molecular flexibility index (Phi) is 5.13. The van der Waals surface area contributed by atoms with Gasteiger partial charge in [0.15, 0.2) is 0 Å². The Labute approximate surface area is 124 Å². The molecular formula is C14H19ClN2OS. The van der Waals surface area contributed by atoms with Gasteiger partial charge in [-0.3, -0.25) is 4.79 Å². The van der Waals surface area contributed by atoms with E-state index < -0.39 is 0 Å². The van der Waals surface area contributed by atoms with E-state index in [1.54, 1.807) is 0 Å². The van der Waals surface area contributed by atoms with Crippen molar-refractivity contribution in [3.05, 3.63) is 35.4 Å². The van der Waals surface area contributed by atoms with E-state index >= 15 is 0 Å². The molecule has 1 aromatic carbocycles. The molecule has 0 bridgehead atoms. The Morgan fingerprint density at radius 2 is 1.89 bits per heavy atom. The summed E-state index contributed by atoms with van der Waals surface area (Å²) in [5, 5.41) is 3.37. The third-order valence-corrected chi connectivity index (χ3v) is 4.64. The minimum atomic E-state index is -0.0250. The molecule has 3 nitrogen and oxygen atoms in total. The number of nitrogens with zero attached hydrogens (tertiary/aromatic N) is 1. The van der Waals surface area contributed by atoms with E-state index in [4.69, 9.17) is 0 Å². The van der Waals surface area contributed by atoms with E-state index in [9.17, 15) is 4.79 Å². The Hall–Kier alpha value is -0.710. The maximum absolute atomic E-state index is 12.4. The average molecular weight is 299 g/mol. The standard InChI is InChI=1S/C14H18N2OS.ClH/c17-14(16-5-7-18-8-6-16)13-9-11-3-1-2-4-12(11)10-15-13;/h1-4,13,15H,5-10H2;1H. The minimum Gasteiger partial charge on any atom is -0.340 e. The number of amides is 1. The second kappa shape index (κ2) is 6.64. The first-order valence-electron chi connectivity index (χ1n) is 6.51. The van der Waals surface area contributed by atoms with Crippen LogP contribution in [-0.4, -0.2) is 41.4 Å². The Bertz CT molecular complexity index is 449. The van der Waals surface area contributed by atoms with Crippen LogP contribution < -0.4 is 5.32 Å². The van der Waals surface area contributed by atoms with Gasteiger partial charge in [0.25, 0.3) is 0 Å². The predicted octanol–water partition coefficient (Wildman–Crippen LogP) is 1.70. The van der Waals surface area contributed by atoms with Crippen molar-refractivity contribution < 1.29 is 4.79 Å². The van der Waals surface area contributed by atoms with Gasteiger partial charge in [0.05, 0.1) is 6.04 Å². The number of rotatable bonds is 1. The van der Waals surface area contributed by atoms with Gasteiger partial charge in [-0.05, 0) is 17.5 Å². The summed E-state index contributed by atoms with van der Waals surface area (Å²) >= 11 is 1.94. The van der Waals surface area contributed by atoms with E-state index in [0.29, 0.717) is 0 Å². The van der Waals surface area contributed by atoms with Crippen molar-refractivity contribution in [1.29, 1.82) is 0 Å². The Balaban J connectivity index is 0.00000133. The number of nitrogens with one attached hydrogen (secondary N) is 1. The van der Waals surface area contributed by atoms with Gasteiger partial charge in [0.1, 0.15) is 0 Å². The van der Waals surface area contributed by atoms with Gasteiger partial charge in [0, 0.05) is 31.1 Å². The highest BCUT2D eigenvalue weighted by Gasteiger charge is 2.28. The number of carbonyl (C=O) groups excluding carboxylic acids is 1. The van der Waals surface area contributed by atoms with Crippen LogP contribution in [0.3, 0.4) is 0 Å². The number of fused-ring (bicyclic) bond motifs is 1. The zero-order valence-corrected chi connectivity index (χ0v) is 12.4. The summed E-state index contributed by atoms with van der Waals surface area (Å²) in [6, 6.07) is 8.37. The van der Waals surface area contributed by atoms with Crippen LogP contribution in [0.15, 0.2) is 24.3 Å². The highest BCUT2D eigenvalue weighted by atomic mass is 35.5. The molecule has 0 aliphatic carbocycles. The van der Waals surface area contributed by atoms with Crippen molar-refractivity contribution in [2.24, 2.45) is 0 Å². The maximum atomic E-state index is 12.4. The van der Waals surface area contributed by atoms with E-state index in [0.717, 1.165) is 37.6 Å². The lowest BCUT2D eigenvalue weighted by Crippen LogP contribution is -2.51. The van der Waals surface area contributed by atoms with Crippen LogP contribution in [-0.2, 0) is 17.8 Å². The van der Waals surface area contributed by atoms with Crippen molar-refractivity contribution in [2.45, 2.75) is 19.0 Å². The molecule has 2 aliphatic rings. The summed E-state index contributed by atoms with van der Waals surface area (Å²) in [4.78, 5) is 14.4. The molecule has 2 aliphatic heterocycles. The number of benzene rings is 1. The molecule has 19 heavy (non-hydrogen) atoms. The molecule has 0 radical (unpaired) electrons. The van der Waals surface area contributed by atoms with Gasteiger partial charge in [-0.2, -0.15) is 11.8 Å². The lowest BCUT2D eigenvalue weighted by atomic mass is 9.95. The van der Waals surface area contributed by atoms with Gasteiger partial charge >= 0.3 is 0 Å². The van der Waals surface area contributed by atoms with Crippen molar-refractivity contribution in [3.8, 4) is 0 Å². The average Bonchev–Trinajstić information content (AvgIpc) is 2.47. The number of hydrogen-bond acceptors (Lipinski definition) is 3. The highest BCUT2D eigenvalue weighted by molar-refractivity contribution is 7.99. The fourth-order valence-corrected chi connectivity index (χ4v) is 3.54. The molecule has 3 rings (SSSR count). The summed E-state index contributed by atoms with van der Waals surface area (Å²) in [5.74, 6) is 2.44. The summed E-state index contributed by atoms with van der Waals surface area (Å²) in [7, 11) is 0. The van der Waals surface area contributed by atoms with Crippen LogP contribution in [0.2, 0.25) is 0 Å². The maximum Gasteiger partial charge on any atom is 0.240 e. The molecule has 1 saturated heterocycles. The normalized spacial score (nSPS) is 22.3. The lowest BCUT2D eigenvalue weighted by Gasteiger charge is -2.33. The van der Waals surface area contributed by atoms with Crippen molar-refractivity contribution in [2.75, 3.05) is 24.6 Å². The third-order valence-electron chi connectivity index (χ3n) is 3.70. The lowest BCUT2D eigenvalue weighted by molar-refractivity contribution is -0.133. The molecule has 1 fully saturated rings. The SMILES string of the molecule is Cl.O=C(C1Cc2ccccc2CN1)N1CCSCC1. The van der Waals surface area contributed by atoms with Crippen LogP contribution in [0, 0.1) is 0 Å². The zero-order chi connectivity index (χ0) is 12.4. The number of hydrogen-bond donors (Lipinski definition) is 1. The molecule has 1 unspecified atom stereocenters. The third kappa shape index (κ3) is 3.25. The number of carbonyl (C=O) groups is 1. The number of halogens is 1. The van der Waals surface area contributed by atoms with Gasteiger partial charge in [0.2, 0.25) is 5.91 Å². The molecule has 5 heteroatoms. The fraction of sp³-hybridized carbons (Fsp3) is 0.500. The van der Waals surface area contributed by atoms with Crippen LogP contribution >= 0.6 is 24.2 Å². The fourth-order valence-electron chi connectivity index (χ4n) is 2.63. The van der Waals surface area contributed by atoms with Gasteiger partial charge in [-0.15, -0.1) is 12.4 Å². The largest absolute Gasteiger partial charge is 0.340 e. The van der Waals surface area contributed by atoms with Crippen LogP contribution in [0.5, 0.6) is 0 Å². The van der Waals surface area contributed by atoms with Crippen molar-refractivity contribution >= 4 is 30.1 Å². The molecule has 104 valence electrons. The van der Waals surface area contributed by atoms with Crippen LogP contribution in [0.25, 0.3) is 0 Å².